The largest absolute Gasteiger partial charge is 0.480 e. The van der Waals surface area contributed by atoms with Crippen molar-refractivity contribution in [2.24, 2.45) is 0 Å². The first kappa shape index (κ1) is 17.0. The van der Waals surface area contributed by atoms with E-state index < -0.39 is 26.4 Å². The number of carboxylic acids is 1. The average Bonchev–Trinajstić information content (AvgIpc) is 2.26. The van der Waals surface area contributed by atoms with Crippen LogP contribution in [0, 0.1) is 0 Å². The van der Waals surface area contributed by atoms with Crippen LogP contribution in [0.2, 0.25) is 18.1 Å². The minimum Gasteiger partial charge on any atom is -0.480 e. The number of nitrogens with zero attached hydrogens (tertiary/aromatic N) is 1. The zero-order valence-electron chi connectivity index (χ0n) is 12.8. The third-order valence-corrected chi connectivity index (χ3v) is 8.87. The third-order valence-electron chi connectivity index (χ3n) is 4.34. The lowest BCUT2D eigenvalue weighted by atomic mass is 10.0. The molecular weight excluding hydrogens is 278 g/mol. The molecule has 20 heavy (non-hydrogen) atoms. The van der Waals surface area contributed by atoms with Gasteiger partial charge in [-0.05, 0) is 31.0 Å². The standard InChI is InChI=1S/C13H25NO5Si/c1-13(2,3)20(4,5)19-9-6-7-10(11(15)16)14(8-9)12(17)18/h9-10H,6-8H2,1-5H3,(H,15,16)(H,17,18)/t9-,10-/m0/s1. The van der Waals surface area contributed by atoms with Crippen molar-refractivity contribution in [3.63, 3.8) is 0 Å². The predicted octanol–water partition coefficient (Wildman–Crippen LogP) is 2.60. The summed E-state index contributed by atoms with van der Waals surface area (Å²) in [5.41, 5.74) is 0. The molecule has 1 heterocycles. The molecule has 1 saturated heterocycles. The van der Waals surface area contributed by atoms with Crippen LogP contribution in [-0.4, -0.2) is 54.2 Å². The van der Waals surface area contributed by atoms with Crippen LogP contribution in [0.1, 0.15) is 33.6 Å². The number of piperidine rings is 1. The fraction of sp³-hybridized carbons (Fsp3) is 0.846. The Morgan fingerprint density at radius 2 is 1.75 bits per heavy atom. The molecule has 116 valence electrons. The van der Waals surface area contributed by atoms with E-state index in [1.165, 1.54) is 0 Å². The normalized spacial score (nSPS) is 24.6. The summed E-state index contributed by atoms with van der Waals surface area (Å²) < 4.78 is 6.19. The van der Waals surface area contributed by atoms with Gasteiger partial charge in [0.2, 0.25) is 0 Å². The van der Waals surface area contributed by atoms with Crippen LogP contribution in [0.4, 0.5) is 4.79 Å². The number of hydrogen-bond donors (Lipinski definition) is 2. The van der Waals surface area contributed by atoms with Crippen LogP contribution >= 0.6 is 0 Å². The number of hydrogen-bond acceptors (Lipinski definition) is 3. The van der Waals surface area contributed by atoms with Gasteiger partial charge in [-0.3, -0.25) is 4.90 Å². The van der Waals surface area contributed by atoms with Crippen LogP contribution in [-0.2, 0) is 9.22 Å². The maximum Gasteiger partial charge on any atom is 0.408 e. The molecular formula is C13H25NO5Si. The minimum absolute atomic E-state index is 0.0463. The summed E-state index contributed by atoms with van der Waals surface area (Å²) >= 11 is 0. The van der Waals surface area contributed by atoms with Gasteiger partial charge >= 0.3 is 12.1 Å². The molecule has 0 aromatic carbocycles. The Labute approximate surface area is 120 Å². The first-order valence-corrected chi connectivity index (χ1v) is 9.76. The Hall–Kier alpha value is -1.08. The van der Waals surface area contributed by atoms with Crippen molar-refractivity contribution in [2.45, 2.75) is 63.9 Å². The highest BCUT2D eigenvalue weighted by Crippen LogP contribution is 2.38. The van der Waals surface area contributed by atoms with Gasteiger partial charge in [-0.15, -0.1) is 0 Å². The smallest absolute Gasteiger partial charge is 0.408 e. The van der Waals surface area contributed by atoms with Crippen molar-refractivity contribution >= 4 is 20.4 Å². The number of amides is 1. The van der Waals surface area contributed by atoms with Crippen molar-refractivity contribution in [1.82, 2.24) is 4.90 Å². The molecule has 7 heteroatoms. The van der Waals surface area contributed by atoms with Gasteiger partial charge < -0.3 is 14.6 Å². The maximum absolute atomic E-state index is 11.2. The Morgan fingerprint density at radius 3 is 2.15 bits per heavy atom. The molecule has 1 amide bonds. The first-order chi connectivity index (χ1) is 8.95. The van der Waals surface area contributed by atoms with Gasteiger partial charge in [0.15, 0.2) is 8.32 Å². The molecule has 0 radical (unpaired) electrons. The molecule has 0 aromatic heterocycles. The highest BCUT2D eigenvalue weighted by Gasteiger charge is 2.42. The lowest BCUT2D eigenvalue weighted by molar-refractivity contribution is -0.144. The molecule has 2 atom stereocenters. The van der Waals surface area contributed by atoms with Crippen molar-refractivity contribution in [2.75, 3.05) is 6.54 Å². The predicted molar refractivity (Wildman–Crippen MR) is 77.5 cm³/mol. The van der Waals surface area contributed by atoms with Crippen LogP contribution < -0.4 is 0 Å². The molecule has 1 aliphatic heterocycles. The number of likely N-dealkylation sites (tertiary alicyclic amines) is 1. The zero-order chi connectivity index (χ0) is 15.7. The van der Waals surface area contributed by atoms with Crippen molar-refractivity contribution in [1.29, 1.82) is 0 Å². The van der Waals surface area contributed by atoms with Gasteiger partial charge in [0, 0.05) is 6.54 Å². The Kier molecular flexibility index (Phi) is 4.86. The highest BCUT2D eigenvalue weighted by molar-refractivity contribution is 6.74. The van der Waals surface area contributed by atoms with E-state index in [1.807, 2.05) is 0 Å². The van der Waals surface area contributed by atoms with E-state index in [0.29, 0.717) is 12.8 Å². The van der Waals surface area contributed by atoms with E-state index in [1.54, 1.807) is 0 Å². The molecule has 0 bridgehead atoms. The second-order valence-electron chi connectivity index (χ2n) is 6.87. The topological polar surface area (TPSA) is 87.1 Å². The van der Waals surface area contributed by atoms with Gasteiger partial charge in [0.05, 0.1) is 6.10 Å². The Morgan fingerprint density at radius 1 is 1.20 bits per heavy atom. The number of carbonyl (C=O) groups is 2. The minimum atomic E-state index is -1.97. The lowest BCUT2D eigenvalue weighted by Gasteiger charge is -2.43. The molecule has 1 aliphatic rings. The van der Waals surface area contributed by atoms with E-state index >= 15 is 0 Å². The van der Waals surface area contributed by atoms with E-state index in [2.05, 4.69) is 33.9 Å². The fourth-order valence-electron chi connectivity index (χ4n) is 2.10. The van der Waals surface area contributed by atoms with Gasteiger partial charge in [0.25, 0.3) is 0 Å². The molecule has 0 spiro atoms. The number of rotatable bonds is 3. The van der Waals surface area contributed by atoms with Gasteiger partial charge in [-0.2, -0.15) is 0 Å². The molecule has 1 rings (SSSR count). The summed E-state index contributed by atoms with van der Waals surface area (Å²) in [5.74, 6) is -1.09. The fourth-order valence-corrected chi connectivity index (χ4v) is 3.47. The molecule has 2 N–H and O–H groups in total. The van der Waals surface area contributed by atoms with E-state index in [9.17, 15) is 9.59 Å². The first-order valence-electron chi connectivity index (χ1n) is 6.86. The van der Waals surface area contributed by atoms with Crippen LogP contribution in [0.25, 0.3) is 0 Å². The van der Waals surface area contributed by atoms with Crippen LogP contribution in [0.3, 0.4) is 0 Å². The second-order valence-corrected chi connectivity index (χ2v) is 11.6. The van der Waals surface area contributed by atoms with E-state index in [0.717, 1.165) is 4.90 Å². The summed E-state index contributed by atoms with van der Waals surface area (Å²) in [6.45, 7) is 10.7. The van der Waals surface area contributed by atoms with Gasteiger partial charge in [-0.1, -0.05) is 20.8 Å². The van der Waals surface area contributed by atoms with Crippen molar-refractivity contribution < 1.29 is 24.2 Å². The van der Waals surface area contributed by atoms with Crippen molar-refractivity contribution in [3.05, 3.63) is 0 Å². The monoisotopic (exact) mass is 303 g/mol. The third kappa shape index (κ3) is 3.73. The van der Waals surface area contributed by atoms with Crippen LogP contribution in [0.15, 0.2) is 0 Å². The Bertz CT molecular complexity index is 391. The molecule has 0 unspecified atom stereocenters. The number of aliphatic carboxylic acids is 1. The maximum atomic E-state index is 11.2. The van der Waals surface area contributed by atoms with Crippen LogP contribution in [0.5, 0.6) is 0 Å². The van der Waals surface area contributed by atoms with E-state index in [4.69, 9.17) is 14.6 Å². The SMILES string of the molecule is CC(C)(C)[Si](C)(C)O[C@H]1CC[C@@H](C(=O)O)N(C(=O)O)C1. The Balaban J connectivity index is 2.78. The summed E-state index contributed by atoms with van der Waals surface area (Å²) in [5, 5.41) is 18.3. The number of carboxylic acid groups (broad SMARTS) is 2. The summed E-state index contributed by atoms with van der Waals surface area (Å²) in [7, 11) is -1.97. The highest BCUT2D eigenvalue weighted by atomic mass is 28.4. The molecule has 6 nitrogen and oxygen atoms in total. The summed E-state index contributed by atoms with van der Waals surface area (Å²) in [4.78, 5) is 23.3. The molecule has 0 aromatic rings. The van der Waals surface area contributed by atoms with Gasteiger partial charge in [-0.25, -0.2) is 9.59 Å². The van der Waals surface area contributed by atoms with E-state index in [-0.39, 0.29) is 17.7 Å². The van der Waals surface area contributed by atoms with Crippen molar-refractivity contribution in [3.8, 4) is 0 Å². The average molecular weight is 303 g/mol. The quantitative estimate of drug-likeness (QED) is 0.783. The summed E-state index contributed by atoms with van der Waals surface area (Å²) in [6, 6.07) is -0.952. The summed E-state index contributed by atoms with van der Waals surface area (Å²) in [6.07, 6.45) is -0.503. The van der Waals surface area contributed by atoms with Gasteiger partial charge in [0.1, 0.15) is 6.04 Å². The lowest BCUT2D eigenvalue weighted by Crippen LogP contribution is -2.55. The zero-order valence-corrected chi connectivity index (χ0v) is 13.8. The molecule has 1 fully saturated rings. The molecule has 0 aliphatic carbocycles. The second kappa shape index (κ2) is 5.73. The molecule has 0 saturated carbocycles.